The largest absolute Gasteiger partial charge is 0.480 e. The number of benzene rings is 2. The Morgan fingerprint density at radius 2 is 1.28 bits per heavy atom. The molecule has 0 spiro atoms. The summed E-state index contributed by atoms with van der Waals surface area (Å²) < 4.78 is 0. The van der Waals surface area contributed by atoms with Crippen molar-refractivity contribution in [3.05, 3.63) is 71.8 Å². The van der Waals surface area contributed by atoms with Gasteiger partial charge in [-0.05, 0) is 11.1 Å². The van der Waals surface area contributed by atoms with E-state index in [4.69, 9.17) is 0 Å². The zero-order valence-electron chi connectivity index (χ0n) is 15.0. The second-order valence-electron chi connectivity index (χ2n) is 7.23. The van der Waals surface area contributed by atoms with Crippen LogP contribution in [0.3, 0.4) is 0 Å². The lowest BCUT2D eigenvalue weighted by atomic mass is 9.85. The van der Waals surface area contributed by atoms with Crippen LogP contribution in [0.15, 0.2) is 60.7 Å². The molecule has 25 heavy (non-hydrogen) atoms. The quantitative estimate of drug-likeness (QED) is 0.781. The van der Waals surface area contributed by atoms with Gasteiger partial charge in [0, 0.05) is 18.5 Å². The van der Waals surface area contributed by atoms with Gasteiger partial charge in [0.05, 0.1) is 0 Å². The first-order valence-electron chi connectivity index (χ1n) is 8.38. The highest BCUT2D eigenvalue weighted by Crippen LogP contribution is 2.23. The predicted molar refractivity (Wildman–Crippen MR) is 98.0 cm³/mol. The molecular formula is C21H25NO3. The van der Waals surface area contributed by atoms with Crippen LogP contribution in [0.1, 0.15) is 31.9 Å². The molecule has 0 saturated heterocycles. The summed E-state index contributed by atoms with van der Waals surface area (Å²) in [5.41, 5.74) is 1.23. The van der Waals surface area contributed by atoms with Gasteiger partial charge in [-0.25, -0.2) is 0 Å². The number of nitrogens with zero attached hydrogens (tertiary/aromatic N) is 1. The summed E-state index contributed by atoms with van der Waals surface area (Å²) in [7, 11) is 0. The number of rotatable bonds is 7. The maximum absolute atomic E-state index is 12.8. The van der Waals surface area contributed by atoms with Crippen molar-refractivity contribution in [3.63, 3.8) is 0 Å². The lowest BCUT2D eigenvalue weighted by Gasteiger charge is -2.32. The summed E-state index contributed by atoms with van der Waals surface area (Å²) in [6.45, 7) is 6.07. The van der Waals surface area contributed by atoms with Gasteiger partial charge in [-0.15, -0.1) is 0 Å². The fraction of sp³-hybridized carbons (Fsp3) is 0.333. The molecule has 0 aliphatic carbocycles. The van der Waals surface area contributed by atoms with E-state index in [2.05, 4.69) is 0 Å². The third kappa shape index (κ3) is 5.26. The normalized spacial score (nSPS) is 12.8. The highest BCUT2D eigenvalue weighted by atomic mass is 16.4. The first kappa shape index (κ1) is 18.9. The van der Waals surface area contributed by atoms with Crippen molar-refractivity contribution < 1.29 is 14.7 Å². The van der Waals surface area contributed by atoms with Crippen LogP contribution in [0.2, 0.25) is 0 Å². The van der Waals surface area contributed by atoms with Crippen molar-refractivity contribution >= 4 is 11.8 Å². The lowest BCUT2D eigenvalue weighted by molar-refractivity contribution is -0.151. The number of carbonyl (C=O) groups is 2. The van der Waals surface area contributed by atoms with Crippen molar-refractivity contribution in [3.8, 4) is 0 Å². The molecule has 4 nitrogen and oxygen atoms in total. The fourth-order valence-electron chi connectivity index (χ4n) is 2.72. The van der Waals surface area contributed by atoms with Crippen molar-refractivity contribution in [1.29, 1.82) is 0 Å². The van der Waals surface area contributed by atoms with Gasteiger partial charge >= 0.3 is 5.97 Å². The summed E-state index contributed by atoms with van der Waals surface area (Å²) in [6, 6.07) is 18.1. The Morgan fingerprint density at radius 3 is 1.60 bits per heavy atom. The van der Waals surface area contributed by atoms with E-state index in [9.17, 15) is 14.7 Å². The number of carbonyl (C=O) groups excluding carboxylic acids is 1. The van der Waals surface area contributed by atoms with E-state index >= 15 is 0 Å². The second-order valence-corrected chi connectivity index (χ2v) is 7.23. The third-order valence-electron chi connectivity index (χ3n) is 4.04. The first-order chi connectivity index (χ1) is 11.8. The van der Waals surface area contributed by atoms with E-state index in [0.29, 0.717) is 13.1 Å². The molecular weight excluding hydrogens is 314 g/mol. The van der Waals surface area contributed by atoms with Crippen LogP contribution < -0.4 is 0 Å². The molecule has 4 heteroatoms. The topological polar surface area (TPSA) is 57.6 Å². The van der Waals surface area contributed by atoms with E-state index < -0.39 is 17.4 Å². The van der Waals surface area contributed by atoms with Crippen LogP contribution in [0, 0.1) is 5.41 Å². The van der Waals surface area contributed by atoms with Crippen LogP contribution in [-0.2, 0) is 22.7 Å². The van der Waals surface area contributed by atoms with E-state index in [1.54, 1.807) is 25.7 Å². The second kappa shape index (κ2) is 8.08. The number of hydrogen-bond acceptors (Lipinski definition) is 3. The minimum Gasteiger partial charge on any atom is -0.480 e. The zero-order chi connectivity index (χ0) is 18.4. The Bertz CT molecular complexity index is 663. The molecule has 1 N–H and O–H groups in total. The molecule has 0 aromatic heterocycles. The van der Waals surface area contributed by atoms with Crippen LogP contribution in [0.25, 0.3) is 0 Å². The fourth-order valence-corrected chi connectivity index (χ4v) is 2.72. The number of carboxylic acid groups (broad SMARTS) is 1. The average Bonchev–Trinajstić information content (AvgIpc) is 2.55. The van der Waals surface area contributed by atoms with Gasteiger partial charge in [0.1, 0.15) is 0 Å². The molecule has 132 valence electrons. The van der Waals surface area contributed by atoms with Crippen LogP contribution >= 0.6 is 0 Å². The summed E-state index contributed by atoms with van der Waals surface area (Å²) in [5, 5.41) is 9.77. The molecule has 0 bridgehead atoms. The summed E-state index contributed by atoms with van der Waals surface area (Å²) >= 11 is 0. The molecule has 2 rings (SSSR count). The number of hydrogen-bond donors (Lipinski definition) is 1. The van der Waals surface area contributed by atoms with Crippen LogP contribution in [-0.4, -0.2) is 27.8 Å². The monoisotopic (exact) mass is 339 g/mol. The Labute approximate surface area is 149 Å². The Balaban J connectivity index is 2.36. The molecule has 0 fully saturated rings. The summed E-state index contributed by atoms with van der Waals surface area (Å²) in [6.07, 6.45) is 0. The Morgan fingerprint density at radius 1 is 0.880 bits per heavy atom. The highest BCUT2D eigenvalue weighted by molar-refractivity contribution is 6.04. The molecule has 0 radical (unpaired) electrons. The van der Waals surface area contributed by atoms with Gasteiger partial charge in [-0.2, -0.15) is 0 Å². The van der Waals surface area contributed by atoms with E-state index in [0.717, 1.165) is 11.1 Å². The molecule has 0 aliphatic heterocycles. The van der Waals surface area contributed by atoms with Gasteiger partial charge < -0.3 is 5.11 Å². The summed E-state index contributed by atoms with van der Waals surface area (Å²) in [4.78, 5) is 26.5. The van der Waals surface area contributed by atoms with E-state index in [-0.39, 0.29) is 5.78 Å². The molecule has 0 unspecified atom stereocenters. The maximum Gasteiger partial charge on any atom is 0.328 e. The molecule has 0 aliphatic rings. The molecule has 0 heterocycles. The number of Topliss-reactive ketones (excluding diaryl/α,β-unsaturated/α-hetero) is 1. The minimum absolute atomic E-state index is 0.285. The van der Waals surface area contributed by atoms with Gasteiger partial charge in [-0.3, -0.25) is 14.5 Å². The third-order valence-corrected chi connectivity index (χ3v) is 4.04. The first-order valence-corrected chi connectivity index (χ1v) is 8.38. The molecule has 1 atom stereocenters. The van der Waals surface area contributed by atoms with Crippen LogP contribution in [0.4, 0.5) is 0 Å². The Hall–Kier alpha value is -2.46. The minimum atomic E-state index is -1.18. The lowest BCUT2D eigenvalue weighted by Crippen LogP contribution is -2.50. The number of carboxylic acids is 1. The molecule has 0 amide bonds. The van der Waals surface area contributed by atoms with Gasteiger partial charge in [0.25, 0.3) is 0 Å². The SMILES string of the molecule is CC(C)(C)C(=O)[C@@H](C(=O)O)N(Cc1ccccc1)Cc1ccccc1. The van der Waals surface area contributed by atoms with Crippen molar-refractivity contribution in [2.24, 2.45) is 5.41 Å². The van der Waals surface area contributed by atoms with Crippen molar-refractivity contribution in [2.45, 2.75) is 39.9 Å². The molecule has 2 aromatic carbocycles. The Kier molecular flexibility index (Phi) is 6.10. The van der Waals surface area contributed by atoms with Crippen LogP contribution in [0.5, 0.6) is 0 Å². The number of ketones is 1. The van der Waals surface area contributed by atoms with E-state index in [1.807, 2.05) is 60.7 Å². The van der Waals surface area contributed by atoms with Gasteiger partial charge in [0.2, 0.25) is 0 Å². The predicted octanol–water partition coefficient (Wildman–Crippen LogP) is 3.76. The highest BCUT2D eigenvalue weighted by Gasteiger charge is 2.38. The summed E-state index contributed by atoms with van der Waals surface area (Å²) in [5.74, 6) is -1.39. The van der Waals surface area contributed by atoms with Gasteiger partial charge in [0.15, 0.2) is 11.8 Å². The smallest absolute Gasteiger partial charge is 0.328 e. The molecule has 2 aromatic rings. The van der Waals surface area contributed by atoms with Crippen molar-refractivity contribution in [1.82, 2.24) is 4.90 Å². The average molecular weight is 339 g/mol. The molecule has 0 saturated carbocycles. The van der Waals surface area contributed by atoms with Crippen molar-refractivity contribution in [2.75, 3.05) is 0 Å². The zero-order valence-corrected chi connectivity index (χ0v) is 15.0. The van der Waals surface area contributed by atoms with Gasteiger partial charge in [-0.1, -0.05) is 81.4 Å². The number of aliphatic carboxylic acids is 1. The maximum atomic E-state index is 12.8. The van der Waals surface area contributed by atoms with E-state index in [1.165, 1.54) is 0 Å². The standard InChI is InChI=1S/C21H25NO3/c1-21(2,3)19(23)18(20(24)25)22(14-16-10-6-4-7-11-16)15-17-12-8-5-9-13-17/h4-13,18H,14-15H2,1-3H3,(H,24,25)/t18-/m0/s1.